The van der Waals surface area contributed by atoms with E-state index < -0.39 is 18.0 Å². The molecule has 0 bridgehead atoms. The van der Waals surface area contributed by atoms with Gasteiger partial charge in [-0.25, -0.2) is 4.79 Å². The van der Waals surface area contributed by atoms with Crippen LogP contribution in [0.15, 0.2) is 0 Å². The summed E-state index contributed by atoms with van der Waals surface area (Å²) in [6.07, 6.45) is 5.48. The van der Waals surface area contributed by atoms with Gasteiger partial charge >= 0.3 is 11.9 Å². The first-order chi connectivity index (χ1) is 8.99. The number of rotatable bonds is 7. The number of hydrogen-bond donors (Lipinski definition) is 3. The van der Waals surface area contributed by atoms with Gasteiger partial charge in [0.2, 0.25) is 5.91 Å². The highest BCUT2D eigenvalue weighted by Gasteiger charge is 2.23. The quantitative estimate of drug-likeness (QED) is 0.649. The zero-order valence-electron chi connectivity index (χ0n) is 10.9. The Kier molecular flexibility index (Phi) is 6.32. The Hall–Kier alpha value is -1.59. The molecule has 19 heavy (non-hydrogen) atoms. The van der Waals surface area contributed by atoms with E-state index >= 15 is 0 Å². The molecular weight excluding hydrogens is 250 g/mol. The Bertz CT molecular complexity index is 336. The van der Waals surface area contributed by atoms with E-state index in [-0.39, 0.29) is 18.7 Å². The molecule has 0 radical (unpaired) electrons. The van der Waals surface area contributed by atoms with Crippen LogP contribution in [0, 0.1) is 5.92 Å². The smallest absolute Gasteiger partial charge is 0.326 e. The van der Waals surface area contributed by atoms with Gasteiger partial charge in [0.15, 0.2) is 0 Å². The zero-order chi connectivity index (χ0) is 14.3. The molecule has 0 aromatic carbocycles. The van der Waals surface area contributed by atoms with Crippen LogP contribution in [0.3, 0.4) is 0 Å². The minimum atomic E-state index is -1.18. The average Bonchev–Trinajstić information content (AvgIpc) is 2.35. The van der Waals surface area contributed by atoms with Gasteiger partial charge in [-0.15, -0.1) is 0 Å². The van der Waals surface area contributed by atoms with Crippen molar-refractivity contribution in [3.8, 4) is 0 Å². The van der Waals surface area contributed by atoms with Gasteiger partial charge in [-0.1, -0.05) is 19.3 Å². The molecule has 108 valence electrons. The minimum absolute atomic E-state index is 0.0823. The zero-order valence-corrected chi connectivity index (χ0v) is 10.9. The summed E-state index contributed by atoms with van der Waals surface area (Å²) in [6, 6.07) is -1.10. The SMILES string of the molecule is O=C(O)CCC(NC(=O)CC1CCCCC1)C(=O)O. The lowest BCUT2D eigenvalue weighted by Crippen LogP contribution is -2.41. The summed E-state index contributed by atoms with van der Waals surface area (Å²) >= 11 is 0. The van der Waals surface area contributed by atoms with Crippen LogP contribution in [0.2, 0.25) is 0 Å². The highest BCUT2D eigenvalue weighted by Crippen LogP contribution is 2.26. The summed E-state index contributed by atoms with van der Waals surface area (Å²) in [5.41, 5.74) is 0. The molecule has 0 aliphatic heterocycles. The monoisotopic (exact) mass is 271 g/mol. The fraction of sp³-hybridized carbons (Fsp3) is 0.769. The molecule has 1 unspecified atom stereocenters. The van der Waals surface area contributed by atoms with Crippen molar-refractivity contribution in [3.63, 3.8) is 0 Å². The minimum Gasteiger partial charge on any atom is -0.481 e. The molecule has 0 aromatic heterocycles. The van der Waals surface area contributed by atoms with Crippen LogP contribution in [0.25, 0.3) is 0 Å². The Balaban J connectivity index is 2.37. The van der Waals surface area contributed by atoms with Crippen molar-refractivity contribution in [2.75, 3.05) is 0 Å². The van der Waals surface area contributed by atoms with Crippen LogP contribution in [0.4, 0.5) is 0 Å². The van der Waals surface area contributed by atoms with Crippen molar-refractivity contribution in [2.24, 2.45) is 5.92 Å². The largest absolute Gasteiger partial charge is 0.481 e. The number of nitrogens with one attached hydrogen (secondary N) is 1. The first-order valence-corrected chi connectivity index (χ1v) is 6.73. The predicted molar refractivity (Wildman–Crippen MR) is 67.6 cm³/mol. The molecule has 1 fully saturated rings. The lowest BCUT2D eigenvalue weighted by molar-refractivity contribution is -0.143. The Morgan fingerprint density at radius 2 is 1.74 bits per heavy atom. The molecule has 1 atom stereocenters. The molecule has 1 amide bonds. The maximum absolute atomic E-state index is 11.7. The molecule has 1 aliphatic rings. The van der Waals surface area contributed by atoms with Gasteiger partial charge in [0.1, 0.15) is 6.04 Å². The van der Waals surface area contributed by atoms with E-state index in [1.807, 2.05) is 0 Å². The lowest BCUT2D eigenvalue weighted by Gasteiger charge is -2.22. The van der Waals surface area contributed by atoms with Gasteiger partial charge in [-0.2, -0.15) is 0 Å². The Morgan fingerprint density at radius 3 is 2.26 bits per heavy atom. The summed E-state index contributed by atoms with van der Waals surface area (Å²) < 4.78 is 0. The van der Waals surface area contributed by atoms with Crippen LogP contribution in [-0.2, 0) is 14.4 Å². The average molecular weight is 271 g/mol. The van der Waals surface area contributed by atoms with Crippen molar-refractivity contribution in [1.82, 2.24) is 5.32 Å². The van der Waals surface area contributed by atoms with E-state index in [4.69, 9.17) is 10.2 Å². The van der Waals surface area contributed by atoms with Crippen LogP contribution >= 0.6 is 0 Å². The van der Waals surface area contributed by atoms with Crippen LogP contribution in [0.5, 0.6) is 0 Å². The van der Waals surface area contributed by atoms with Gasteiger partial charge in [0.05, 0.1) is 0 Å². The van der Waals surface area contributed by atoms with Crippen molar-refractivity contribution < 1.29 is 24.6 Å². The molecule has 0 aromatic rings. The molecule has 0 spiro atoms. The summed E-state index contributed by atoms with van der Waals surface area (Å²) in [4.78, 5) is 33.1. The van der Waals surface area contributed by atoms with E-state index in [0.717, 1.165) is 25.7 Å². The molecule has 0 saturated heterocycles. The molecule has 3 N–H and O–H groups in total. The van der Waals surface area contributed by atoms with Crippen LogP contribution in [0.1, 0.15) is 51.4 Å². The number of aliphatic carboxylic acids is 2. The molecule has 1 saturated carbocycles. The van der Waals surface area contributed by atoms with E-state index in [1.54, 1.807) is 0 Å². The highest BCUT2D eigenvalue weighted by molar-refractivity contribution is 5.84. The Morgan fingerprint density at radius 1 is 1.11 bits per heavy atom. The first-order valence-electron chi connectivity index (χ1n) is 6.73. The molecule has 1 aliphatic carbocycles. The van der Waals surface area contributed by atoms with Gasteiger partial charge in [-0.3, -0.25) is 9.59 Å². The summed E-state index contributed by atoms with van der Waals surface area (Å²) in [7, 11) is 0. The molecule has 1 rings (SSSR count). The molecule has 6 heteroatoms. The number of carbonyl (C=O) groups excluding carboxylic acids is 1. The fourth-order valence-corrected chi connectivity index (χ4v) is 2.43. The maximum Gasteiger partial charge on any atom is 0.326 e. The van der Waals surface area contributed by atoms with Crippen LogP contribution in [-0.4, -0.2) is 34.1 Å². The highest BCUT2D eigenvalue weighted by atomic mass is 16.4. The van der Waals surface area contributed by atoms with Gasteiger partial charge in [0.25, 0.3) is 0 Å². The standard InChI is InChI=1S/C13H21NO5/c15-11(8-9-4-2-1-3-5-9)14-10(13(18)19)6-7-12(16)17/h9-10H,1-8H2,(H,14,15)(H,16,17)(H,18,19). The third-order valence-electron chi connectivity index (χ3n) is 3.48. The normalized spacial score (nSPS) is 17.7. The third kappa shape index (κ3) is 6.22. The number of carbonyl (C=O) groups is 3. The van der Waals surface area contributed by atoms with Crippen molar-refractivity contribution >= 4 is 17.8 Å². The van der Waals surface area contributed by atoms with E-state index in [2.05, 4.69) is 5.32 Å². The van der Waals surface area contributed by atoms with E-state index in [1.165, 1.54) is 6.42 Å². The van der Waals surface area contributed by atoms with Gasteiger partial charge in [-0.05, 0) is 25.2 Å². The van der Waals surface area contributed by atoms with Crippen molar-refractivity contribution in [3.05, 3.63) is 0 Å². The Labute approximate surface area is 112 Å². The topological polar surface area (TPSA) is 104 Å². The number of hydrogen-bond acceptors (Lipinski definition) is 3. The number of carboxylic acid groups (broad SMARTS) is 2. The third-order valence-corrected chi connectivity index (χ3v) is 3.48. The fourth-order valence-electron chi connectivity index (χ4n) is 2.43. The van der Waals surface area contributed by atoms with Crippen molar-refractivity contribution in [1.29, 1.82) is 0 Å². The first kappa shape index (κ1) is 15.5. The summed E-state index contributed by atoms with van der Waals surface area (Å²) in [5.74, 6) is -2.20. The summed E-state index contributed by atoms with van der Waals surface area (Å²) in [5, 5.41) is 19.9. The van der Waals surface area contributed by atoms with Gasteiger partial charge in [0, 0.05) is 12.8 Å². The summed E-state index contributed by atoms with van der Waals surface area (Å²) in [6.45, 7) is 0. The second kappa shape index (κ2) is 7.76. The molecular formula is C13H21NO5. The van der Waals surface area contributed by atoms with Gasteiger partial charge < -0.3 is 15.5 Å². The van der Waals surface area contributed by atoms with E-state index in [9.17, 15) is 14.4 Å². The maximum atomic E-state index is 11.7. The number of carboxylic acids is 2. The second-order valence-corrected chi connectivity index (χ2v) is 5.10. The predicted octanol–water partition coefficient (Wildman–Crippen LogP) is 1.39. The van der Waals surface area contributed by atoms with Crippen molar-refractivity contribution in [2.45, 2.75) is 57.4 Å². The second-order valence-electron chi connectivity index (χ2n) is 5.10. The number of amides is 1. The lowest BCUT2D eigenvalue weighted by atomic mass is 9.87. The molecule has 6 nitrogen and oxygen atoms in total. The van der Waals surface area contributed by atoms with E-state index in [0.29, 0.717) is 12.3 Å². The van der Waals surface area contributed by atoms with Crippen LogP contribution < -0.4 is 5.32 Å². The molecule has 0 heterocycles.